The van der Waals surface area contributed by atoms with Gasteiger partial charge in [-0.15, -0.1) is 0 Å². The Balaban J connectivity index is 1.68. The largest absolute Gasteiger partial charge is 0.493 e. The summed E-state index contributed by atoms with van der Waals surface area (Å²) in [7, 11) is 1.55. The van der Waals surface area contributed by atoms with Gasteiger partial charge in [-0.2, -0.15) is 4.99 Å². The minimum atomic E-state index is -0.438. The van der Waals surface area contributed by atoms with Crippen molar-refractivity contribution >= 4 is 40.4 Å². The molecule has 0 aromatic heterocycles. The monoisotopic (exact) mass is 417 g/mol. The predicted molar refractivity (Wildman–Crippen MR) is 121 cm³/mol. The second-order valence-corrected chi connectivity index (χ2v) is 7.28. The molecule has 6 nitrogen and oxygen atoms in total. The summed E-state index contributed by atoms with van der Waals surface area (Å²) in [4.78, 5) is 18.5. The molecule has 1 N–H and O–H groups in total. The van der Waals surface area contributed by atoms with Crippen LogP contribution < -0.4 is 9.47 Å². The lowest BCUT2D eigenvalue weighted by Crippen LogP contribution is -2.38. The molecule has 2 aromatic rings. The fraction of sp³-hybridized carbons (Fsp3) is 0.0870. The van der Waals surface area contributed by atoms with Crippen LogP contribution in [0.3, 0.4) is 0 Å². The molecule has 150 valence electrons. The fourth-order valence-corrected chi connectivity index (χ4v) is 4.01. The Hall–Kier alpha value is -3.58. The highest BCUT2D eigenvalue weighted by Crippen LogP contribution is 2.37. The maximum atomic E-state index is 12.6. The quantitative estimate of drug-likeness (QED) is 0.551. The first-order valence-corrected chi connectivity index (χ1v) is 10.1. The minimum Gasteiger partial charge on any atom is -0.493 e. The van der Waals surface area contributed by atoms with E-state index in [4.69, 9.17) is 14.9 Å². The number of nitrogens with one attached hydrogen (secondary N) is 1. The van der Waals surface area contributed by atoms with Crippen molar-refractivity contribution in [2.45, 2.75) is 0 Å². The molecule has 0 radical (unpaired) electrons. The van der Waals surface area contributed by atoms with Crippen LogP contribution in [0.5, 0.6) is 11.5 Å². The van der Waals surface area contributed by atoms with Gasteiger partial charge < -0.3 is 9.47 Å². The van der Waals surface area contributed by atoms with Crippen molar-refractivity contribution in [3.63, 3.8) is 0 Å². The summed E-state index contributed by atoms with van der Waals surface area (Å²) in [6.45, 7) is 4.00. The Morgan fingerprint density at radius 2 is 2.00 bits per heavy atom. The topological polar surface area (TPSA) is 75.0 Å². The summed E-state index contributed by atoms with van der Waals surface area (Å²) in [5, 5.41) is 11.1. The van der Waals surface area contributed by atoms with Crippen LogP contribution in [0.4, 0.5) is 0 Å². The number of amides is 1. The lowest BCUT2D eigenvalue weighted by Gasteiger charge is -2.27. The van der Waals surface area contributed by atoms with Gasteiger partial charge in [0, 0.05) is 5.41 Å². The summed E-state index contributed by atoms with van der Waals surface area (Å²) in [6.07, 6.45) is 3.30. The van der Waals surface area contributed by atoms with E-state index in [1.807, 2.05) is 35.7 Å². The molecule has 2 aromatic carbocycles. The predicted octanol–water partition coefficient (Wildman–Crippen LogP) is 4.56. The van der Waals surface area contributed by atoms with Gasteiger partial charge in [0.1, 0.15) is 12.4 Å². The average Bonchev–Trinajstić information content (AvgIpc) is 3.20. The third-order valence-corrected chi connectivity index (χ3v) is 5.37. The van der Waals surface area contributed by atoms with E-state index in [0.717, 1.165) is 11.3 Å². The molecule has 0 saturated heterocycles. The molecule has 2 aliphatic rings. The van der Waals surface area contributed by atoms with Crippen LogP contribution in [0.1, 0.15) is 11.1 Å². The average molecular weight is 417 g/mol. The Labute approximate surface area is 178 Å². The van der Waals surface area contributed by atoms with Crippen molar-refractivity contribution < 1.29 is 14.3 Å². The normalized spacial score (nSPS) is 16.8. The van der Waals surface area contributed by atoms with Gasteiger partial charge in [-0.25, -0.2) is 0 Å². The molecule has 0 unspecified atom stereocenters. The molecular formula is C23H19N3O3S. The number of carbonyl (C=O) groups excluding carboxylic acids is 1. The second kappa shape index (κ2) is 8.42. The smallest absolute Gasteiger partial charge is 0.283 e. The number of hydrogen-bond donors (Lipinski definition) is 1. The first kappa shape index (κ1) is 19.7. The van der Waals surface area contributed by atoms with E-state index in [2.05, 4.69) is 11.6 Å². The highest BCUT2D eigenvalue weighted by Gasteiger charge is 2.36. The van der Waals surface area contributed by atoms with E-state index < -0.39 is 5.91 Å². The van der Waals surface area contributed by atoms with E-state index in [1.165, 1.54) is 11.8 Å². The highest BCUT2D eigenvalue weighted by atomic mass is 32.2. The molecule has 30 heavy (non-hydrogen) atoms. The second-order valence-electron chi connectivity index (χ2n) is 6.44. The lowest BCUT2D eigenvalue weighted by molar-refractivity contribution is -0.114. The first-order valence-electron chi connectivity index (χ1n) is 9.20. The van der Waals surface area contributed by atoms with Crippen LogP contribution in [0.2, 0.25) is 0 Å². The van der Waals surface area contributed by atoms with Crippen molar-refractivity contribution in [3.8, 4) is 11.5 Å². The van der Waals surface area contributed by atoms with Gasteiger partial charge >= 0.3 is 0 Å². The number of aliphatic imine (C=N–C) groups is 1. The first-order chi connectivity index (χ1) is 14.6. The third kappa shape index (κ3) is 3.67. The SMILES string of the molecule is C=CCOc1ccc(C=C2C(=N)N3C(c4ccccc4)=CSC3=NC2=O)cc1OC. The van der Waals surface area contributed by atoms with Gasteiger partial charge in [0.25, 0.3) is 5.91 Å². The van der Waals surface area contributed by atoms with Gasteiger partial charge in [-0.3, -0.25) is 15.1 Å². The molecule has 2 aliphatic heterocycles. The van der Waals surface area contributed by atoms with Gasteiger partial charge in [0.05, 0.1) is 18.4 Å². The number of nitrogens with zero attached hydrogens (tertiary/aromatic N) is 2. The number of ether oxygens (including phenoxy) is 2. The molecule has 0 fully saturated rings. The number of rotatable bonds is 6. The molecular weight excluding hydrogens is 398 g/mol. The number of fused-ring (bicyclic) bond motifs is 1. The summed E-state index contributed by atoms with van der Waals surface area (Å²) in [5.74, 6) is 0.769. The van der Waals surface area contributed by atoms with Crippen molar-refractivity contribution in [2.24, 2.45) is 4.99 Å². The van der Waals surface area contributed by atoms with Gasteiger partial charge in [0.2, 0.25) is 0 Å². The number of carbonyl (C=O) groups is 1. The van der Waals surface area contributed by atoms with E-state index in [-0.39, 0.29) is 11.4 Å². The number of thioether (sulfide) groups is 1. The molecule has 1 amide bonds. The standard InChI is InChI=1S/C23H19N3O3S/c1-3-11-29-19-10-9-15(13-20(19)28-2)12-17-21(24)26-18(16-7-5-4-6-8-16)14-30-23(26)25-22(17)27/h3-10,12-14,24H,1,11H2,2H3. The van der Waals surface area contributed by atoms with Crippen molar-refractivity contribution in [2.75, 3.05) is 13.7 Å². The number of hydrogen-bond acceptors (Lipinski definition) is 5. The maximum Gasteiger partial charge on any atom is 0.283 e. The van der Waals surface area contributed by atoms with Crippen LogP contribution in [0.15, 0.2) is 77.2 Å². The number of methoxy groups -OCH3 is 1. The molecule has 2 heterocycles. The lowest BCUT2D eigenvalue weighted by atomic mass is 10.1. The minimum absolute atomic E-state index is 0.0936. The molecule has 7 heteroatoms. The molecule has 0 spiro atoms. The van der Waals surface area contributed by atoms with Gasteiger partial charge in [-0.1, -0.05) is 60.8 Å². The van der Waals surface area contributed by atoms with Gasteiger partial charge in [-0.05, 0) is 29.3 Å². The van der Waals surface area contributed by atoms with Gasteiger partial charge in [0.15, 0.2) is 16.7 Å². The van der Waals surface area contributed by atoms with Crippen LogP contribution >= 0.6 is 11.8 Å². The van der Waals surface area contributed by atoms with Crippen molar-refractivity contribution in [3.05, 3.63) is 83.3 Å². The molecule has 0 saturated carbocycles. The van der Waals surface area contributed by atoms with Crippen molar-refractivity contribution in [1.82, 2.24) is 4.90 Å². The zero-order valence-electron chi connectivity index (χ0n) is 16.3. The van der Waals surface area contributed by atoms with Crippen LogP contribution in [0, 0.1) is 5.41 Å². The highest BCUT2D eigenvalue weighted by molar-refractivity contribution is 8.17. The molecule has 0 bridgehead atoms. The molecule has 0 atom stereocenters. The number of benzene rings is 2. The maximum absolute atomic E-state index is 12.6. The Morgan fingerprint density at radius 1 is 1.20 bits per heavy atom. The molecule has 0 aliphatic carbocycles. The summed E-state index contributed by atoms with van der Waals surface area (Å²) in [5.41, 5.74) is 2.71. The van der Waals surface area contributed by atoms with E-state index in [0.29, 0.717) is 28.8 Å². The summed E-state index contributed by atoms with van der Waals surface area (Å²) < 4.78 is 11.0. The van der Waals surface area contributed by atoms with Crippen molar-refractivity contribution in [1.29, 1.82) is 5.41 Å². The third-order valence-electron chi connectivity index (χ3n) is 4.54. The fourth-order valence-electron chi connectivity index (χ4n) is 3.12. The Morgan fingerprint density at radius 3 is 2.73 bits per heavy atom. The zero-order chi connectivity index (χ0) is 21.1. The van der Waals surface area contributed by atoms with Crippen LogP contribution in [-0.4, -0.2) is 35.5 Å². The van der Waals surface area contributed by atoms with E-state index >= 15 is 0 Å². The molecule has 4 rings (SSSR count). The van der Waals surface area contributed by atoms with E-state index in [9.17, 15) is 4.79 Å². The van der Waals surface area contributed by atoms with Crippen LogP contribution in [0.25, 0.3) is 11.8 Å². The van der Waals surface area contributed by atoms with Crippen LogP contribution in [-0.2, 0) is 4.79 Å². The zero-order valence-corrected chi connectivity index (χ0v) is 17.1. The summed E-state index contributed by atoms with van der Waals surface area (Å²) in [6, 6.07) is 15.1. The number of amidine groups is 2. The van der Waals surface area contributed by atoms with E-state index in [1.54, 1.807) is 42.4 Å². The Bertz CT molecular complexity index is 1120. The summed E-state index contributed by atoms with van der Waals surface area (Å²) >= 11 is 1.34. The Kier molecular flexibility index (Phi) is 5.54.